The molecule has 0 bridgehead atoms. The van der Waals surface area contributed by atoms with Crippen molar-refractivity contribution in [1.82, 2.24) is 10.2 Å². The second kappa shape index (κ2) is 6.93. The fraction of sp³-hybridized carbons (Fsp3) is 0.467. The van der Waals surface area contributed by atoms with Crippen molar-refractivity contribution in [2.24, 2.45) is 0 Å². The standard InChI is InChI=1S/C15H20N2O3/c18-14(19)6-3-9-16-15(20)17-10-7-12-4-1-2-5-13(12)8-11-17/h1-2,4-5H,3,6-11H2,(H,16,20)(H,18,19). The molecular formula is C15H20N2O3. The Labute approximate surface area is 118 Å². The number of urea groups is 1. The quantitative estimate of drug-likeness (QED) is 0.822. The molecule has 1 aliphatic heterocycles. The summed E-state index contributed by atoms with van der Waals surface area (Å²) >= 11 is 0. The molecule has 5 heteroatoms. The van der Waals surface area contributed by atoms with Gasteiger partial charge >= 0.3 is 12.0 Å². The predicted octanol–water partition coefficient (Wildman–Crippen LogP) is 1.66. The van der Waals surface area contributed by atoms with E-state index in [-0.39, 0.29) is 12.5 Å². The minimum absolute atomic E-state index is 0.0890. The van der Waals surface area contributed by atoms with E-state index in [9.17, 15) is 9.59 Å². The molecule has 0 radical (unpaired) electrons. The van der Waals surface area contributed by atoms with Gasteiger partial charge in [-0.15, -0.1) is 0 Å². The number of carboxylic acids is 1. The second-order valence-corrected chi connectivity index (χ2v) is 4.98. The van der Waals surface area contributed by atoms with Gasteiger partial charge in [-0.3, -0.25) is 4.79 Å². The summed E-state index contributed by atoms with van der Waals surface area (Å²) in [5, 5.41) is 11.3. The molecule has 0 saturated carbocycles. The molecule has 108 valence electrons. The molecular weight excluding hydrogens is 256 g/mol. The van der Waals surface area contributed by atoms with Crippen molar-refractivity contribution in [3.05, 3.63) is 35.4 Å². The van der Waals surface area contributed by atoms with Crippen LogP contribution >= 0.6 is 0 Å². The van der Waals surface area contributed by atoms with Crippen LogP contribution in [0.4, 0.5) is 4.79 Å². The number of carbonyl (C=O) groups is 2. The number of hydrogen-bond donors (Lipinski definition) is 2. The summed E-state index contributed by atoms with van der Waals surface area (Å²) in [4.78, 5) is 24.2. The highest BCUT2D eigenvalue weighted by molar-refractivity contribution is 5.74. The molecule has 1 heterocycles. The molecule has 1 aromatic carbocycles. The summed E-state index contributed by atoms with van der Waals surface area (Å²) in [6.07, 6.45) is 2.30. The molecule has 0 aliphatic carbocycles. The Hall–Kier alpha value is -2.04. The van der Waals surface area contributed by atoms with Gasteiger partial charge < -0.3 is 15.3 Å². The lowest BCUT2D eigenvalue weighted by Crippen LogP contribution is -2.41. The first kappa shape index (κ1) is 14.4. The number of carbonyl (C=O) groups excluding carboxylic acids is 1. The van der Waals surface area contributed by atoms with E-state index in [0.29, 0.717) is 26.1 Å². The maximum atomic E-state index is 12.0. The third-order valence-corrected chi connectivity index (χ3v) is 3.55. The van der Waals surface area contributed by atoms with Gasteiger partial charge in [-0.2, -0.15) is 0 Å². The minimum atomic E-state index is -0.829. The summed E-state index contributed by atoms with van der Waals surface area (Å²) in [7, 11) is 0. The van der Waals surface area contributed by atoms with Crippen molar-refractivity contribution in [1.29, 1.82) is 0 Å². The van der Waals surface area contributed by atoms with Crippen LogP contribution in [-0.4, -0.2) is 41.6 Å². The summed E-state index contributed by atoms with van der Waals surface area (Å²) in [5.74, 6) is -0.829. The van der Waals surface area contributed by atoms with Crippen LogP contribution in [0.1, 0.15) is 24.0 Å². The average molecular weight is 276 g/mol. The molecule has 0 saturated heterocycles. The lowest BCUT2D eigenvalue weighted by atomic mass is 10.0. The van der Waals surface area contributed by atoms with Crippen molar-refractivity contribution in [3.63, 3.8) is 0 Å². The third-order valence-electron chi connectivity index (χ3n) is 3.55. The maximum absolute atomic E-state index is 12.0. The van der Waals surface area contributed by atoms with Crippen LogP contribution in [0.5, 0.6) is 0 Å². The predicted molar refractivity (Wildman–Crippen MR) is 75.7 cm³/mol. The van der Waals surface area contributed by atoms with Crippen LogP contribution in [0.25, 0.3) is 0 Å². The molecule has 1 aromatic rings. The molecule has 0 atom stereocenters. The van der Waals surface area contributed by atoms with Gasteiger partial charge in [0.2, 0.25) is 0 Å². The topological polar surface area (TPSA) is 69.6 Å². The fourth-order valence-electron chi connectivity index (χ4n) is 2.42. The molecule has 1 aliphatic rings. The molecule has 0 aromatic heterocycles. The summed E-state index contributed by atoms with van der Waals surface area (Å²) < 4.78 is 0. The van der Waals surface area contributed by atoms with E-state index in [1.54, 1.807) is 4.90 Å². The molecule has 0 fully saturated rings. The Kier molecular flexibility index (Phi) is 4.98. The summed E-state index contributed by atoms with van der Waals surface area (Å²) in [6.45, 7) is 1.83. The highest BCUT2D eigenvalue weighted by Gasteiger charge is 2.17. The van der Waals surface area contributed by atoms with Gasteiger partial charge in [0, 0.05) is 26.1 Å². The van der Waals surface area contributed by atoms with E-state index in [4.69, 9.17) is 5.11 Å². The monoisotopic (exact) mass is 276 g/mol. The van der Waals surface area contributed by atoms with Gasteiger partial charge in [-0.05, 0) is 30.4 Å². The van der Waals surface area contributed by atoms with Crippen LogP contribution in [0, 0.1) is 0 Å². The number of hydrogen-bond acceptors (Lipinski definition) is 2. The van der Waals surface area contributed by atoms with Gasteiger partial charge in [-0.1, -0.05) is 24.3 Å². The minimum Gasteiger partial charge on any atom is -0.481 e. The lowest BCUT2D eigenvalue weighted by Gasteiger charge is -2.20. The number of benzene rings is 1. The van der Waals surface area contributed by atoms with Gasteiger partial charge in [-0.25, -0.2) is 4.79 Å². The van der Waals surface area contributed by atoms with Crippen LogP contribution < -0.4 is 5.32 Å². The van der Waals surface area contributed by atoms with E-state index in [0.717, 1.165) is 12.8 Å². The first-order valence-electron chi connectivity index (χ1n) is 6.98. The second-order valence-electron chi connectivity index (χ2n) is 4.98. The van der Waals surface area contributed by atoms with E-state index < -0.39 is 5.97 Å². The van der Waals surface area contributed by atoms with Crippen LogP contribution in [0.15, 0.2) is 24.3 Å². The Bertz CT molecular complexity index is 461. The number of aliphatic carboxylic acids is 1. The van der Waals surface area contributed by atoms with E-state index in [2.05, 4.69) is 17.4 Å². The summed E-state index contributed by atoms with van der Waals surface area (Å²) in [6, 6.07) is 8.19. The van der Waals surface area contributed by atoms with Gasteiger partial charge in [0.25, 0.3) is 0 Å². The van der Waals surface area contributed by atoms with Crippen molar-refractivity contribution in [3.8, 4) is 0 Å². The highest BCUT2D eigenvalue weighted by atomic mass is 16.4. The number of rotatable bonds is 4. The highest BCUT2D eigenvalue weighted by Crippen LogP contribution is 2.15. The Morgan fingerprint density at radius 1 is 1.15 bits per heavy atom. The molecule has 0 spiro atoms. The van der Waals surface area contributed by atoms with Crippen molar-refractivity contribution < 1.29 is 14.7 Å². The van der Waals surface area contributed by atoms with E-state index in [1.807, 2.05) is 12.1 Å². The van der Waals surface area contributed by atoms with Crippen LogP contribution in [0.2, 0.25) is 0 Å². The third kappa shape index (κ3) is 3.98. The van der Waals surface area contributed by atoms with E-state index >= 15 is 0 Å². The lowest BCUT2D eigenvalue weighted by molar-refractivity contribution is -0.137. The van der Waals surface area contributed by atoms with Gasteiger partial charge in [0.15, 0.2) is 0 Å². The number of nitrogens with zero attached hydrogens (tertiary/aromatic N) is 1. The van der Waals surface area contributed by atoms with Crippen molar-refractivity contribution in [2.75, 3.05) is 19.6 Å². The van der Waals surface area contributed by atoms with Gasteiger partial charge in [0.1, 0.15) is 0 Å². The number of fused-ring (bicyclic) bond motifs is 1. The van der Waals surface area contributed by atoms with Crippen molar-refractivity contribution in [2.45, 2.75) is 25.7 Å². The molecule has 0 unspecified atom stereocenters. The number of amides is 2. The van der Waals surface area contributed by atoms with Gasteiger partial charge in [0.05, 0.1) is 0 Å². The molecule has 5 nitrogen and oxygen atoms in total. The smallest absolute Gasteiger partial charge is 0.317 e. The number of carboxylic acid groups (broad SMARTS) is 1. The molecule has 20 heavy (non-hydrogen) atoms. The fourth-order valence-corrected chi connectivity index (χ4v) is 2.42. The molecule has 2 N–H and O–H groups in total. The van der Waals surface area contributed by atoms with Crippen LogP contribution in [0.3, 0.4) is 0 Å². The Morgan fingerprint density at radius 2 is 1.75 bits per heavy atom. The first-order chi connectivity index (χ1) is 9.66. The SMILES string of the molecule is O=C(O)CCCNC(=O)N1CCc2ccccc2CC1. The van der Waals surface area contributed by atoms with Crippen LogP contribution in [-0.2, 0) is 17.6 Å². The zero-order valence-electron chi connectivity index (χ0n) is 11.5. The average Bonchev–Trinajstić information content (AvgIpc) is 2.65. The largest absolute Gasteiger partial charge is 0.481 e. The Morgan fingerprint density at radius 3 is 2.30 bits per heavy atom. The maximum Gasteiger partial charge on any atom is 0.317 e. The first-order valence-corrected chi connectivity index (χ1v) is 6.98. The zero-order chi connectivity index (χ0) is 14.4. The van der Waals surface area contributed by atoms with E-state index in [1.165, 1.54) is 11.1 Å². The number of nitrogens with one attached hydrogen (secondary N) is 1. The van der Waals surface area contributed by atoms with Crippen molar-refractivity contribution >= 4 is 12.0 Å². The Balaban J connectivity index is 1.80. The normalized spacial score (nSPS) is 14.3. The molecule has 2 amide bonds. The summed E-state index contributed by atoms with van der Waals surface area (Å²) in [5.41, 5.74) is 2.63. The zero-order valence-corrected chi connectivity index (χ0v) is 11.5. The molecule has 2 rings (SSSR count).